The molecule has 1 aliphatic heterocycles. The van der Waals surface area contributed by atoms with Crippen molar-refractivity contribution in [1.29, 1.82) is 0 Å². The van der Waals surface area contributed by atoms with Gasteiger partial charge in [0.1, 0.15) is 24.4 Å². The Balaban J connectivity index is 1.94. The predicted molar refractivity (Wildman–Crippen MR) is 69.8 cm³/mol. The molecular weight excluding hydrogens is 264 g/mol. The maximum Gasteiger partial charge on any atom is 0.184 e. The zero-order valence-electron chi connectivity index (χ0n) is 11.3. The molecule has 0 aliphatic carbocycles. The lowest BCUT2D eigenvalue weighted by Gasteiger charge is -2.40. The summed E-state index contributed by atoms with van der Waals surface area (Å²) in [6, 6.07) is 9.36. The lowest BCUT2D eigenvalue weighted by Crippen LogP contribution is -2.59. The molecule has 3 N–H and O–H groups in total. The van der Waals surface area contributed by atoms with E-state index in [1.165, 1.54) is 7.11 Å². The predicted octanol–water partition coefficient (Wildman–Crippen LogP) is -0.343. The second-order valence-corrected chi connectivity index (χ2v) is 4.76. The average Bonchev–Trinajstić information content (AvgIpc) is 2.46. The van der Waals surface area contributed by atoms with Gasteiger partial charge in [-0.15, -0.1) is 0 Å². The molecule has 112 valence electrons. The number of hydrogen-bond acceptors (Lipinski definition) is 6. The third-order valence-corrected chi connectivity index (χ3v) is 3.28. The summed E-state index contributed by atoms with van der Waals surface area (Å²) in [5, 5.41) is 29.8. The largest absolute Gasteiger partial charge is 0.387 e. The standard InChI is InChI=1S/C14H20O6/c1-18-8-10-11(15)12(16)13(14(17)20-10)19-7-9-5-3-2-4-6-9/h2-6,10-17H,7-8H2,1H3/t10-,11-,12+,13-,14?/m1/s1. The van der Waals surface area contributed by atoms with E-state index in [1.54, 1.807) is 0 Å². The Bertz CT molecular complexity index is 398. The quantitative estimate of drug-likeness (QED) is 0.685. The van der Waals surface area contributed by atoms with Crippen molar-refractivity contribution in [2.24, 2.45) is 0 Å². The zero-order chi connectivity index (χ0) is 14.5. The summed E-state index contributed by atoms with van der Waals surface area (Å²) in [7, 11) is 1.45. The van der Waals surface area contributed by atoms with E-state index >= 15 is 0 Å². The number of benzene rings is 1. The van der Waals surface area contributed by atoms with E-state index < -0.39 is 30.7 Å². The van der Waals surface area contributed by atoms with E-state index in [0.717, 1.165) is 5.56 Å². The van der Waals surface area contributed by atoms with Crippen LogP contribution in [0.5, 0.6) is 0 Å². The van der Waals surface area contributed by atoms with E-state index in [0.29, 0.717) is 0 Å². The minimum Gasteiger partial charge on any atom is -0.387 e. The SMILES string of the molecule is COC[C@H]1OC(O)[C@H](OCc2ccccc2)[C@@H](O)[C@@H]1O. The second-order valence-electron chi connectivity index (χ2n) is 4.76. The number of aliphatic hydroxyl groups is 3. The van der Waals surface area contributed by atoms with Crippen LogP contribution in [0.15, 0.2) is 30.3 Å². The van der Waals surface area contributed by atoms with Gasteiger partial charge in [-0.1, -0.05) is 30.3 Å². The van der Waals surface area contributed by atoms with Gasteiger partial charge in [0.15, 0.2) is 6.29 Å². The molecule has 6 heteroatoms. The minimum absolute atomic E-state index is 0.0840. The Morgan fingerprint density at radius 2 is 1.80 bits per heavy atom. The summed E-state index contributed by atoms with van der Waals surface area (Å²) in [6.07, 6.45) is -5.49. The maximum atomic E-state index is 10.0. The van der Waals surface area contributed by atoms with Crippen LogP contribution < -0.4 is 0 Å². The first-order valence-electron chi connectivity index (χ1n) is 6.47. The molecule has 0 spiro atoms. The maximum absolute atomic E-state index is 10.0. The van der Waals surface area contributed by atoms with Crippen molar-refractivity contribution in [2.75, 3.05) is 13.7 Å². The van der Waals surface area contributed by atoms with Crippen molar-refractivity contribution in [3.05, 3.63) is 35.9 Å². The number of ether oxygens (including phenoxy) is 3. The summed E-state index contributed by atoms with van der Waals surface area (Å²) >= 11 is 0. The second kappa shape index (κ2) is 7.12. The van der Waals surface area contributed by atoms with Gasteiger partial charge in [0.05, 0.1) is 13.2 Å². The number of aliphatic hydroxyl groups excluding tert-OH is 3. The van der Waals surface area contributed by atoms with Crippen LogP contribution in [0.3, 0.4) is 0 Å². The topological polar surface area (TPSA) is 88.4 Å². The Morgan fingerprint density at radius 1 is 1.10 bits per heavy atom. The molecule has 1 aromatic rings. The third-order valence-electron chi connectivity index (χ3n) is 3.28. The summed E-state index contributed by atoms with van der Waals surface area (Å²) < 4.78 is 15.5. The van der Waals surface area contributed by atoms with Gasteiger partial charge in [0, 0.05) is 7.11 Å². The van der Waals surface area contributed by atoms with Gasteiger partial charge >= 0.3 is 0 Å². The van der Waals surface area contributed by atoms with Gasteiger partial charge in [-0.25, -0.2) is 0 Å². The summed E-state index contributed by atoms with van der Waals surface area (Å²) in [5.74, 6) is 0. The van der Waals surface area contributed by atoms with Gasteiger partial charge in [-0.05, 0) is 5.56 Å². The highest BCUT2D eigenvalue weighted by atomic mass is 16.7. The van der Waals surface area contributed by atoms with Crippen LogP contribution in [0.1, 0.15) is 5.56 Å². The Morgan fingerprint density at radius 3 is 2.45 bits per heavy atom. The van der Waals surface area contributed by atoms with Crippen LogP contribution >= 0.6 is 0 Å². The smallest absolute Gasteiger partial charge is 0.184 e. The van der Waals surface area contributed by atoms with E-state index in [1.807, 2.05) is 30.3 Å². The normalized spacial score (nSPS) is 34.1. The first kappa shape index (κ1) is 15.4. The molecule has 0 saturated carbocycles. The summed E-state index contributed by atoms with van der Waals surface area (Å²) in [5.41, 5.74) is 0.903. The third kappa shape index (κ3) is 3.54. The van der Waals surface area contributed by atoms with Gasteiger partial charge < -0.3 is 29.5 Å². The lowest BCUT2D eigenvalue weighted by atomic mass is 9.99. The number of hydrogen-bond donors (Lipinski definition) is 3. The molecule has 1 fully saturated rings. The highest BCUT2D eigenvalue weighted by Gasteiger charge is 2.44. The van der Waals surface area contributed by atoms with Gasteiger partial charge in [-0.2, -0.15) is 0 Å². The van der Waals surface area contributed by atoms with E-state index in [-0.39, 0.29) is 13.2 Å². The molecule has 1 heterocycles. The van der Waals surface area contributed by atoms with Crippen molar-refractivity contribution in [3.8, 4) is 0 Å². The van der Waals surface area contributed by atoms with Crippen molar-refractivity contribution >= 4 is 0 Å². The van der Waals surface area contributed by atoms with Crippen molar-refractivity contribution < 1.29 is 29.5 Å². The minimum atomic E-state index is -1.31. The molecule has 1 aliphatic rings. The number of rotatable bonds is 5. The molecule has 5 atom stereocenters. The highest BCUT2D eigenvalue weighted by molar-refractivity contribution is 5.13. The fraction of sp³-hybridized carbons (Fsp3) is 0.571. The Kier molecular flexibility index (Phi) is 5.47. The van der Waals surface area contributed by atoms with Crippen LogP contribution in [0.4, 0.5) is 0 Å². The van der Waals surface area contributed by atoms with Crippen LogP contribution in [-0.4, -0.2) is 59.7 Å². The monoisotopic (exact) mass is 284 g/mol. The van der Waals surface area contributed by atoms with E-state index in [4.69, 9.17) is 14.2 Å². The first-order chi connectivity index (χ1) is 9.63. The van der Waals surface area contributed by atoms with Crippen LogP contribution in [-0.2, 0) is 20.8 Å². The van der Waals surface area contributed by atoms with E-state index in [2.05, 4.69) is 0 Å². The molecule has 1 saturated heterocycles. The van der Waals surface area contributed by atoms with Crippen LogP contribution in [0.25, 0.3) is 0 Å². The Hall–Kier alpha value is -1.02. The molecular formula is C14H20O6. The molecule has 2 rings (SSSR count). The van der Waals surface area contributed by atoms with Gasteiger partial charge in [0.2, 0.25) is 0 Å². The molecule has 0 aromatic heterocycles. The van der Waals surface area contributed by atoms with Crippen molar-refractivity contribution in [2.45, 2.75) is 37.3 Å². The summed E-state index contributed by atoms with van der Waals surface area (Å²) in [6.45, 7) is 0.297. The highest BCUT2D eigenvalue weighted by Crippen LogP contribution is 2.23. The molecule has 20 heavy (non-hydrogen) atoms. The van der Waals surface area contributed by atoms with Crippen molar-refractivity contribution in [1.82, 2.24) is 0 Å². The van der Waals surface area contributed by atoms with Crippen LogP contribution in [0.2, 0.25) is 0 Å². The van der Waals surface area contributed by atoms with Gasteiger partial charge in [-0.3, -0.25) is 0 Å². The molecule has 0 bridgehead atoms. The first-order valence-corrected chi connectivity index (χ1v) is 6.47. The zero-order valence-corrected chi connectivity index (χ0v) is 11.3. The lowest BCUT2D eigenvalue weighted by molar-refractivity contribution is -0.299. The van der Waals surface area contributed by atoms with Crippen LogP contribution in [0, 0.1) is 0 Å². The molecule has 0 amide bonds. The fourth-order valence-corrected chi connectivity index (χ4v) is 2.17. The molecule has 0 radical (unpaired) electrons. The molecule has 1 aromatic carbocycles. The molecule has 6 nitrogen and oxygen atoms in total. The molecule has 1 unspecified atom stereocenters. The van der Waals surface area contributed by atoms with Crippen molar-refractivity contribution in [3.63, 3.8) is 0 Å². The Labute approximate surface area is 117 Å². The average molecular weight is 284 g/mol. The summed E-state index contributed by atoms with van der Waals surface area (Å²) in [4.78, 5) is 0. The number of methoxy groups -OCH3 is 1. The van der Waals surface area contributed by atoms with E-state index in [9.17, 15) is 15.3 Å². The fourth-order valence-electron chi connectivity index (χ4n) is 2.17. The van der Waals surface area contributed by atoms with Gasteiger partial charge in [0.25, 0.3) is 0 Å².